The Morgan fingerprint density at radius 2 is 2.17 bits per heavy atom. The van der Waals surface area contributed by atoms with Gasteiger partial charge in [-0.3, -0.25) is 0 Å². The molecule has 1 heterocycles. The maximum absolute atomic E-state index is 10.9. The van der Waals surface area contributed by atoms with Crippen molar-refractivity contribution in [3.05, 3.63) is 41.7 Å². The van der Waals surface area contributed by atoms with Crippen LogP contribution in [0.4, 0.5) is 0 Å². The molecule has 0 spiro atoms. The smallest absolute Gasteiger partial charge is 0.356 e. The van der Waals surface area contributed by atoms with Crippen molar-refractivity contribution in [2.24, 2.45) is 0 Å². The van der Waals surface area contributed by atoms with Gasteiger partial charge in [0.15, 0.2) is 5.69 Å². The molecule has 0 aliphatic rings. The summed E-state index contributed by atoms with van der Waals surface area (Å²) >= 11 is 0. The molecule has 18 heavy (non-hydrogen) atoms. The summed E-state index contributed by atoms with van der Waals surface area (Å²) in [7, 11) is 0. The van der Waals surface area contributed by atoms with E-state index in [4.69, 9.17) is 9.84 Å². The highest BCUT2D eigenvalue weighted by atomic mass is 16.5. The van der Waals surface area contributed by atoms with E-state index in [1.807, 2.05) is 38.1 Å². The average Bonchev–Trinajstić information content (AvgIpc) is 2.75. The number of carbonyl (C=O) groups is 1. The normalized spacial score (nSPS) is 10.3. The molecule has 0 amide bonds. The zero-order chi connectivity index (χ0) is 13.1. The third-order valence-electron chi connectivity index (χ3n) is 2.59. The lowest BCUT2D eigenvalue weighted by molar-refractivity contribution is 0.0690. The predicted octanol–water partition coefficient (Wildman–Crippen LogP) is 2.70. The lowest BCUT2D eigenvalue weighted by Gasteiger charge is -2.08. The van der Waals surface area contributed by atoms with Gasteiger partial charge in [0.25, 0.3) is 0 Å². The number of aromatic nitrogens is 2. The first-order valence-electron chi connectivity index (χ1n) is 5.65. The highest BCUT2D eigenvalue weighted by Gasteiger charge is 2.14. The van der Waals surface area contributed by atoms with Crippen LogP contribution in [0.25, 0.3) is 0 Å². The fourth-order valence-electron chi connectivity index (χ4n) is 1.58. The van der Waals surface area contributed by atoms with E-state index >= 15 is 0 Å². The van der Waals surface area contributed by atoms with Gasteiger partial charge in [-0.1, -0.05) is 18.2 Å². The van der Waals surface area contributed by atoms with Crippen molar-refractivity contribution in [2.75, 3.05) is 0 Å². The molecule has 2 aromatic rings. The predicted molar refractivity (Wildman–Crippen MR) is 66.1 cm³/mol. The van der Waals surface area contributed by atoms with Gasteiger partial charge in [-0.15, -0.1) is 0 Å². The second-order valence-corrected chi connectivity index (χ2v) is 3.87. The number of ether oxygens (including phenoxy) is 1. The molecular formula is C13H14N2O3. The Balaban J connectivity index is 2.34. The van der Waals surface area contributed by atoms with Gasteiger partial charge >= 0.3 is 12.0 Å². The Hall–Kier alpha value is -2.30. The molecule has 0 saturated carbocycles. The molecule has 0 aliphatic carbocycles. The molecule has 0 bridgehead atoms. The second kappa shape index (κ2) is 4.91. The van der Waals surface area contributed by atoms with Crippen LogP contribution in [0.15, 0.2) is 30.5 Å². The largest absolute Gasteiger partial charge is 0.476 e. The molecule has 0 fully saturated rings. The molecule has 0 atom stereocenters. The van der Waals surface area contributed by atoms with E-state index in [9.17, 15) is 4.79 Å². The Kier molecular flexibility index (Phi) is 3.32. The number of benzene rings is 1. The number of hydrogen-bond acceptors (Lipinski definition) is 3. The Morgan fingerprint density at radius 1 is 1.44 bits per heavy atom. The summed E-state index contributed by atoms with van der Waals surface area (Å²) in [5.41, 5.74) is 0.959. The number of para-hydroxylation sites is 1. The van der Waals surface area contributed by atoms with Gasteiger partial charge in [0.2, 0.25) is 0 Å². The quantitative estimate of drug-likeness (QED) is 0.900. The molecule has 1 aromatic heterocycles. The zero-order valence-corrected chi connectivity index (χ0v) is 10.3. The van der Waals surface area contributed by atoms with Gasteiger partial charge in [0.1, 0.15) is 5.75 Å². The van der Waals surface area contributed by atoms with Crippen molar-refractivity contribution >= 4 is 5.97 Å². The Labute approximate surface area is 105 Å². The molecule has 2 rings (SSSR count). The van der Waals surface area contributed by atoms with Crippen LogP contribution >= 0.6 is 0 Å². The van der Waals surface area contributed by atoms with Crippen molar-refractivity contribution in [1.29, 1.82) is 0 Å². The molecule has 1 N–H and O–H groups in total. The molecule has 5 heteroatoms. The lowest BCUT2D eigenvalue weighted by atomic mass is 10.2. The number of rotatable bonds is 4. The number of imidazole rings is 1. The van der Waals surface area contributed by atoms with Crippen LogP contribution in [0.1, 0.15) is 23.0 Å². The fraction of sp³-hybridized carbons (Fsp3) is 0.231. The van der Waals surface area contributed by atoms with Crippen molar-refractivity contribution in [1.82, 2.24) is 9.55 Å². The van der Waals surface area contributed by atoms with E-state index in [-0.39, 0.29) is 5.69 Å². The summed E-state index contributed by atoms with van der Waals surface area (Å²) in [5, 5.41) is 8.91. The van der Waals surface area contributed by atoms with Crippen molar-refractivity contribution < 1.29 is 14.6 Å². The molecule has 0 unspecified atom stereocenters. The number of nitrogens with zero attached hydrogens (tertiary/aromatic N) is 2. The SMILES string of the molecule is CCn1cc(C(=O)O)nc1Oc1ccccc1C. The minimum Gasteiger partial charge on any atom is -0.476 e. The van der Waals surface area contributed by atoms with E-state index < -0.39 is 5.97 Å². The lowest BCUT2D eigenvalue weighted by Crippen LogP contribution is -1.97. The second-order valence-electron chi connectivity index (χ2n) is 3.87. The van der Waals surface area contributed by atoms with Gasteiger partial charge in [-0.2, -0.15) is 4.98 Å². The molecule has 0 aliphatic heterocycles. The van der Waals surface area contributed by atoms with Crippen LogP contribution in [-0.2, 0) is 6.54 Å². The van der Waals surface area contributed by atoms with Crippen molar-refractivity contribution in [3.8, 4) is 11.8 Å². The van der Waals surface area contributed by atoms with Crippen LogP contribution in [-0.4, -0.2) is 20.6 Å². The average molecular weight is 246 g/mol. The van der Waals surface area contributed by atoms with E-state index in [1.54, 1.807) is 4.57 Å². The minimum absolute atomic E-state index is 0.0135. The van der Waals surface area contributed by atoms with Crippen LogP contribution in [0.2, 0.25) is 0 Å². The van der Waals surface area contributed by atoms with Crippen LogP contribution in [0, 0.1) is 6.92 Å². The molecule has 1 aromatic carbocycles. The van der Waals surface area contributed by atoms with Gasteiger partial charge in [-0.05, 0) is 25.5 Å². The van der Waals surface area contributed by atoms with Gasteiger partial charge in [0, 0.05) is 12.7 Å². The summed E-state index contributed by atoms with van der Waals surface area (Å²) in [6.07, 6.45) is 1.47. The Bertz CT molecular complexity index is 575. The first-order chi connectivity index (χ1) is 8.61. The van der Waals surface area contributed by atoms with Crippen molar-refractivity contribution in [2.45, 2.75) is 20.4 Å². The molecule has 0 radical (unpaired) electrons. The third kappa shape index (κ3) is 2.34. The summed E-state index contributed by atoms with van der Waals surface area (Å²) in [4.78, 5) is 14.8. The molecule has 0 saturated heterocycles. The van der Waals surface area contributed by atoms with E-state index in [2.05, 4.69) is 4.98 Å². The molecule has 94 valence electrons. The van der Waals surface area contributed by atoms with Gasteiger partial charge < -0.3 is 14.4 Å². The standard InChI is InChI=1S/C13H14N2O3/c1-3-15-8-10(12(16)17)14-13(15)18-11-7-5-4-6-9(11)2/h4-8H,3H2,1-2H3,(H,16,17). The minimum atomic E-state index is -1.06. The highest BCUT2D eigenvalue weighted by Crippen LogP contribution is 2.24. The van der Waals surface area contributed by atoms with Crippen LogP contribution in [0.3, 0.4) is 0 Å². The number of aromatic carboxylic acids is 1. The number of hydrogen-bond donors (Lipinski definition) is 1. The maximum atomic E-state index is 10.9. The number of aryl methyl sites for hydroxylation is 2. The number of carboxylic acids is 1. The zero-order valence-electron chi connectivity index (χ0n) is 10.3. The van der Waals surface area contributed by atoms with Crippen LogP contribution < -0.4 is 4.74 Å². The molecule has 5 nitrogen and oxygen atoms in total. The summed E-state index contributed by atoms with van der Waals surface area (Å²) in [6, 6.07) is 7.82. The molecular weight excluding hydrogens is 232 g/mol. The maximum Gasteiger partial charge on any atom is 0.356 e. The van der Waals surface area contributed by atoms with Gasteiger partial charge in [0.05, 0.1) is 0 Å². The van der Waals surface area contributed by atoms with Gasteiger partial charge in [-0.25, -0.2) is 4.79 Å². The summed E-state index contributed by atoms with van der Waals surface area (Å²) < 4.78 is 7.31. The number of carboxylic acid groups (broad SMARTS) is 1. The van der Waals surface area contributed by atoms with E-state index in [0.29, 0.717) is 18.3 Å². The topological polar surface area (TPSA) is 64.4 Å². The summed E-state index contributed by atoms with van der Waals surface area (Å²) in [6.45, 7) is 4.42. The van der Waals surface area contributed by atoms with E-state index in [0.717, 1.165) is 5.56 Å². The Morgan fingerprint density at radius 3 is 2.78 bits per heavy atom. The van der Waals surface area contributed by atoms with E-state index in [1.165, 1.54) is 6.20 Å². The monoisotopic (exact) mass is 246 g/mol. The highest BCUT2D eigenvalue weighted by molar-refractivity contribution is 5.85. The first-order valence-corrected chi connectivity index (χ1v) is 5.65. The fourth-order valence-corrected chi connectivity index (χ4v) is 1.58. The van der Waals surface area contributed by atoms with Crippen molar-refractivity contribution in [3.63, 3.8) is 0 Å². The van der Waals surface area contributed by atoms with Crippen LogP contribution in [0.5, 0.6) is 11.8 Å². The first kappa shape index (κ1) is 12.2. The summed E-state index contributed by atoms with van der Waals surface area (Å²) in [5.74, 6) is -0.383. The third-order valence-corrected chi connectivity index (χ3v) is 2.59.